The van der Waals surface area contributed by atoms with Crippen LogP contribution in [0, 0.1) is 0 Å². The molecule has 0 bridgehead atoms. The summed E-state index contributed by atoms with van der Waals surface area (Å²) in [5, 5.41) is 9.35. The summed E-state index contributed by atoms with van der Waals surface area (Å²) in [4.78, 5) is 27.7. The predicted octanol–water partition coefficient (Wildman–Crippen LogP) is 1.17. The van der Waals surface area contributed by atoms with E-state index in [9.17, 15) is 9.59 Å². The number of methoxy groups -OCH3 is 1. The first-order valence-corrected chi connectivity index (χ1v) is 5.83. The molecule has 0 spiro atoms. The zero-order valence-corrected chi connectivity index (χ0v) is 13.5. The van der Waals surface area contributed by atoms with Crippen LogP contribution in [0.25, 0.3) is 16.6 Å². The minimum Gasteiger partial charge on any atom is -0.497 e. The second-order valence-corrected chi connectivity index (χ2v) is 4.25. The molecule has 0 amide bonds. The summed E-state index contributed by atoms with van der Waals surface area (Å²) in [5.74, 6) is -0.546. The number of fused-ring (bicyclic) bond motifs is 2. The number of aromatic carboxylic acids is 1. The fourth-order valence-electron chi connectivity index (χ4n) is 2.04. The van der Waals surface area contributed by atoms with Gasteiger partial charge in [0.1, 0.15) is 11.4 Å². The smallest absolute Gasteiger partial charge is 0.337 e. The van der Waals surface area contributed by atoms with Crippen LogP contribution in [0.1, 0.15) is 10.4 Å². The number of carbonyl (C=O) groups is 1. The van der Waals surface area contributed by atoms with E-state index >= 15 is 0 Å². The van der Waals surface area contributed by atoms with Gasteiger partial charge in [-0.15, -0.1) is 0 Å². The van der Waals surface area contributed by atoms with Crippen LogP contribution in [0.4, 0.5) is 0 Å². The van der Waals surface area contributed by atoms with Crippen molar-refractivity contribution in [3.63, 3.8) is 0 Å². The van der Waals surface area contributed by atoms with Gasteiger partial charge < -0.3 is 9.84 Å². The largest absolute Gasteiger partial charge is 0.497 e. The van der Waals surface area contributed by atoms with Gasteiger partial charge in [0.2, 0.25) is 0 Å². The molecule has 1 N–H and O–H groups in total. The Morgan fingerprint density at radius 1 is 1.29 bits per heavy atom. The summed E-state index contributed by atoms with van der Waals surface area (Å²) in [6.07, 6.45) is 1.27. The Bertz CT molecular complexity index is 904. The Morgan fingerprint density at radius 2 is 2.05 bits per heavy atom. The molecule has 21 heavy (non-hydrogen) atoms. The molecule has 101 valence electrons. The van der Waals surface area contributed by atoms with E-state index in [1.54, 1.807) is 18.2 Å². The molecule has 0 aliphatic heterocycles. The van der Waals surface area contributed by atoms with Crippen LogP contribution in [0.2, 0.25) is 0 Å². The van der Waals surface area contributed by atoms with Gasteiger partial charge in [-0.25, -0.2) is 9.78 Å². The maximum atomic E-state index is 12.4. The molecule has 0 fully saturated rings. The maximum Gasteiger partial charge on any atom is 0.337 e. The molecule has 2 aromatic heterocycles. The summed E-state index contributed by atoms with van der Waals surface area (Å²) < 4.78 is 6.31. The summed E-state index contributed by atoms with van der Waals surface area (Å²) in [5.41, 5.74) is 0.646. The molecule has 0 saturated heterocycles. The second kappa shape index (κ2) is 5.85. The number of ether oxygens (including phenoxy) is 1. The molecule has 0 atom stereocenters. The first-order chi connectivity index (χ1) is 9.60. The Labute approximate surface area is 141 Å². The molecular weight excluding hydrogens is 283 g/mol. The summed E-state index contributed by atoms with van der Waals surface area (Å²) in [6, 6.07) is 7.93. The van der Waals surface area contributed by atoms with Crippen LogP contribution in [0.3, 0.4) is 0 Å². The summed E-state index contributed by atoms with van der Waals surface area (Å²) in [7, 11) is 1.51. The molecule has 3 aromatic rings. The first-order valence-electron chi connectivity index (χ1n) is 5.83. The van der Waals surface area contributed by atoms with Crippen molar-refractivity contribution in [3.05, 3.63) is 52.4 Å². The van der Waals surface area contributed by atoms with E-state index in [2.05, 4.69) is 4.98 Å². The standard InChI is InChI=1S/C14H10N2O4.Na/c1-20-9-3-4-11-10(6-9)13(17)16-7-8(14(18)19)2-5-12(16)15-11;/h2-7H,1H3,(H,18,19);. The van der Waals surface area contributed by atoms with E-state index in [-0.39, 0.29) is 40.7 Å². The van der Waals surface area contributed by atoms with Gasteiger partial charge in [-0.1, -0.05) is 0 Å². The van der Waals surface area contributed by atoms with Crippen LogP contribution >= 0.6 is 0 Å². The van der Waals surface area contributed by atoms with Gasteiger partial charge >= 0.3 is 5.97 Å². The third kappa shape index (κ3) is 2.65. The van der Waals surface area contributed by atoms with E-state index in [1.807, 2.05) is 0 Å². The topological polar surface area (TPSA) is 80.9 Å². The fourth-order valence-corrected chi connectivity index (χ4v) is 2.04. The predicted molar refractivity (Wildman–Crippen MR) is 78.2 cm³/mol. The Hall–Kier alpha value is -1.89. The maximum absolute atomic E-state index is 12.4. The van der Waals surface area contributed by atoms with Crippen molar-refractivity contribution in [1.82, 2.24) is 9.38 Å². The number of pyridine rings is 1. The number of nitrogens with zero attached hydrogens (tertiary/aromatic N) is 2. The molecule has 3 rings (SSSR count). The molecule has 0 aliphatic carbocycles. The summed E-state index contributed by atoms with van der Waals surface area (Å²) in [6.45, 7) is 0. The zero-order valence-electron chi connectivity index (χ0n) is 11.5. The van der Waals surface area contributed by atoms with E-state index in [0.29, 0.717) is 22.3 Å². The van der Waals surface area contributed by atoms with Crippen molar-refractivity contribution in [2.75, 3.05) is 7.11 Å². The third-order valence-corrected chi connectivity index (χ3v) is 3.06. The number of rotatable bonds is 2. The quantitative estimate of drug-likeness (QED) is 0.566. The van der Waals surface area contributed by atoms with Crippen LogP contribution < -0.4 is 10.3 Å². The van der Waals surface area contributed by atoms with Crippen LogP contribution in [0.5, 0.6) is 5.75 Å². The summed E-state index contributed by atoms with van der Waals surface area (Å²) >= 11 is 0. The van der Waals surface area contributed by atoms with Crippen LogP contribution in [-0.2, 0) is 0 Å². The van der Waals surface area contributed by atoms with Gasteiger partial charge in [0.15, 0.2) is 0 Å². The van der Waals surface area contributed by atoms with Gasteiger partial charge in [0.25, 0.3) is 5.56 Å². The molecule has 6 nitrogen and oxygen atoms in total. The molecular formula is C14H10N2NaO4. The third-order valence-electron chi connectivity index (χ3n) is 3.06. The van der Waals surface area contributed by atoms with E-state index < -0.39 is 5.97 Å². The van der Waals surface area contributed by atoms with Crippen molar-refractivity contribution in [2.45, 2.75) is 0 Å². The number of benzene rings is 1. The van der Waals surface area contributed by atoms with Crippen LogP contribution in [0.15, 0.2) is 41.3 Å². The van der Waals surface area contributed by atoms with Gasteiger partial charge in [0, 0.05) is 35.8 Å². The van der Waals surface area contributed by atoms with Crippen molar-refractivity contribution in [1.29, 1.82) is 0 Å². The van der Waals surface area contributed by atoms with Crippen molar-refractivity contribution in [2.24, 2.45) is 0 Å². The Morgan fingerprint density at radius 3 is 2.71 bits per heavy atom. The van der Waals surface area contributed by atoms with Gasteiger partial charge in [-0.05, 0) is 30.3 Å². The van der Waals surface area contributed by atoms with Crippen molar-refractivity contribution in [3.8, 4) is 5.75 Å². The van der Waals surface area contributed by atoms with E-state index in [1.165, 1.54) is 29.8 Å². The van der Waals surface area contributed by atoms with E-state index in [4.69, 9.17) is 9.84 Å². The number of carboxylic acids is 1. The Kier molecular flexibility index (Phi) is 4.32. The number of hydrogen-bond acceptors (Lipinski definition) is 4. The Balaban J connectivity index is 0.00000161. The molecule has 0 saturated carbocycles. The number of carboxylic acid groups (broad SMARTS) is 1. The number of hydrogen-bond donors (Lipinski definition) is 1. The molecule has 0 unspecified atom stereocenters. The minimum atomic E-state index is -1.09. The average molecular weight is 293 g/mol. The average Bonchev–Trinajstić information content (AvgIpc) is 2.47. The number of aromatic nitrogens is 2. The zero-order chi connectivity index (χ0) is 14.3. The van der Waals surface area contributed by atoms with Crippen molar-refractivity contribution >= 4 is 52.1 Å². The van der Waals surface area contributed by atoms with Crippen LogP contribution in [-0.4, -0.2) is 57.1 Å². The van der Waals surface area contributed by atoms with Gasteiger partial charge in [-0.2, -0.15) is 0 Å². The van der Waals surface area contributed by atoms with E-state index in [0.717, 1.165) is 0 Å². The normalized spacial score (nSPS) is 10.3. The molecule has 1 radical (unpaired) electrons. The fraction of sp³-hybridized carbons (Fsp3) is 0.0714. The second-order valence-electron chi connectivity index (χ2n) is 4.25. The SMILES string of the molecule is COc1ccc2nc3ccc(C(=O)O)cn3c(=O)c2c1.[Na]. The molecule has 7 heteroatoms. The minimum absolute atomic E-state index is 0. The molecule has 0 aliphatic rings. The van der Waals surface area contributed by atoms with Gasteiger partial charge in [0.05, 0.1) is 23.6 Å². The first kappa shape index (κ1) is 15.5. The monoisotopic (exact) mass is 293 g/mol. The van der Waals surface area contributed by atoms with Gasteiger partial charge in [-0.3, -0.25) is 9.20 Å². The van der Waals surface area contributed by atoms with Crippen molar-refractivity contribution < 1.29 is 14.6 Å². The molecule has 2 heterocycles. The molecule has 1 aromatic carbocycles.